The Labute approximate surface area is 186 Å². The van der Waals surface area contributed by atoms with Crippen molar-refractivity contribution in [2.24, 2.45) is 11.5 Å². The lowest BCUT2D eigenvalue weighted by Gasteiger charge is -2.28. The van der Waals surface area contributed by atoms with E-state index in [0.29, 0.717) is 23.5 Å². The number of pyridine rings is 1. The van der Waals surface area contributed by atoms with Gasteiger partial charge in [-0.2, -0.15) is 0 Å². The van der Waals surface area contributed by atoms with Crippen LogP contribution in [0, 0.1) is 6.92 Å². The van der Waals surface area contributed by atoms with Gasteiger partial charge in [0.1, 0.15) is 5.82 Å². The number of hydrogen-bond acceptors (Lipinski definition) is 6. The largest absolute Gasteiger partial charge is 0.402 e. The van der Waals surface area contributed by atoms with Crippen LogP contribution in [0.3, 0.4) is 0 Å². The molecule has 1 aliphatic heterocycles. The molecule has 1 aromatic carbocycles. The number of nitrogens with zero attached hydrogens (tertiary/aromatic N) is 1. The Balaban J connectivity index is 1.75. The van der Waals surface area contributed by atoms with Crippen LogP contribution >= 0.6 is 0 Å². The first-order valence-electron chi connectivity index (χ1n) is 11.3. The minimum absolute atomic E-state index is 0.470. The number of anilines is 1. The van der Waals surface area contributed by atoms with Crippen LogP contribution in [-0.2, 0) is 4.74 Å². The predicted molar refractivity (Wildman–Crippen MR) is 131 cm³/mol. The van der Waals surface area contributed by atoms with E-state index in [1.165, 1.54) is 5.56 Å². The molecule has 3 rings (SSSR count). The summed E-state index contributed by atoms with van der Waals surface area (Å²) in [6.07, 6.45) is 7.97. The van der Waals surface area contributed by atoms with E-state index in [1.807, 2.05) is 19.1 Å². The Kier molecular flexibility index (Phi) is 8.32. The molecule has 6 nitrogen and oxygen atoms in total. The normalized spacial score (nSPS) is 17.1. The lowest BCUT2D eigenvalue weighted by Crippen LogP contribution is -2.42. The molecule has 0 saturated carbocycles. The van der Waals surface area contributed by atoms with E-state index in [4.69, 9.17) is 21.2 Å². The Morgan fingerprint density at radius 2 is 2.00 bits per heavy atom. The van der Waals surface area contributed by atoms with Crippen molar-refractivity contribution in [2.75, 3.05) is 25.1 Å². The molecule has 0 bridgehead atoms. The summed E-state index contributed by atoms with van der Waals surface area (Å²) in [5.74, 6) is 0.814. The molecule has 0 amide bonds. The second-order valence-corrected chi connectivity index (χ2v) is 8.49. The fourth-order valence-corrected chi connectivity index (χ4v) is 3.93. The lowest BCUT2D eigenvalue weighted by molar-refractivity contribution is 0.0745. The molecule has 1 fully saturated rings. The molecule has 168 valence electrons. The smallest absolute Gasteiger partial charge is 0.136 e. The van der Waals surface area contributed by atoms with Gasteiger partial charge in [0.2, 0.25) is 0 Å². The number of aryl methyl sites for hydroxylation is 1. The van der Waals surface area contributed by atoms with Crippen LogP contribution in [0.5, 0.6) is 0 Å². The molecule has 6 heteroatoms. The minimum Gasteiger partial charge on any atom is -0.402 e. The van der Waals surface area contributed by atoms with E-state index in [0.717, 1.165) is 67.7 Å². The number of nitrogens with one attached hydrogen (secondary N) is 2. The zero-order valence-electron chi connectivity index (χ0n) is 19.1. The van der Waals surface area contributed by atoms with Crippen molar-refractivity contribution in [1.82, 2.24) is 10.3 Å². The van der Waals surface area contributed by atoms with Gasteiger partial charge in [-0.1, -0.05) is 18.6 Å². The van der Waals surface area contributed by atoms with E-state index >= 15 is 0 Å². The molecule has 0 spiro atoms. The van der Waals surface area contributed by atoms with Crippen LogP contribution < -0.4 is 22.1 Å². The number of fused-ring (bicyclic) bond motifs is 1. The second-order valence-electron chi connectivity index (χ2n) is 8.49. The fourth-order valence-electron chi connectivity index (χ4n) is 3.93. The van der Waals surface area contributed by atoms with Gasteiger partial charge in [0.15, 0.2) is 0 Å². The molecule has 1 aromatic heterocycles. The lowest BCUT2D eigenvalue weighted by atomic mass is 10.0. The van der Waals surface area contributed by atoms with E-state index in [1.54, 1.807) is 0 Å². The molecule has 0 aliphatic carbocycles. The zero-order chi connectivity index (χ0) is 22.2. The maximum Gasteiger partial charge on any atom is 0.136 e. The first-order valence-corrected chi connectivity index (χ1v) is 11.3. The third-order valence-corrected chi connectivity index (χ3v) is 5.78. The number of aromatic nitrogens is 1. The third-order valence-electron chi connectivity index (χ3n) is 5.78. The van der Waals surface area contributed by atoms with Gasteiger partial charge in [-0.3, -0.25) is 0 Å². The SMILES string of the molecule is CCC(CCNc1nc2ccc(C)cc2cc1/C(N)=C/C=C(/C)N)NC1CCOCC1. The van der Waals surface area contributed by atoms with Gasteiger partial charge in [-0.05, 0) is 69.9 Å². The van der Waals surface area contributed by atoms with Crippen LogP contribution in [0.4, 0.5) is 5.82 Å². The summed E-state index contributed by atoms with van der Waals surface area (Å²) in [7, 11) is 0. The monoisotopic (exact) mass is 423 g/mol. The second kappa shape index (κ2) is 11.2. The number of nitrogens with two attached hydrogens (primary N) is 2. The average molecular weight is 424 g/mol. The van der Waals surface area contributed by atoms with Gasteiger partial charge in [-0.25, -0.2) is 4.98 Å². The van der Waals surface area contributed by atoms with Crippen LogP contribution in [0.1, 0.15) is 50.7 Å². The molecule has 1 atom stereocenters. The summed E-state index contributed by atoms with van der Waals surface area (Å²) in [6.45, 7) is 8.71. The van der Waals surface area contributed by atoms with Crippen molar-refractivity contribution < 1.29 is 4.74 Å². The molecule has 2 aromatic rings. The van der Waals surface area contributed by atoms with Crippen molar-refractivity contribution >= 4 is 22.4 Å². The minimum atomic E-state index is 0.470. The van der Waals surface area contributed by atoms with Gasteiger partial charge < -0.3 is 26.8 Å². The van der Waals surface area contributed by atoms with Gasteiger partial charge in [0.25, 0.3) is 0 Å². The van der Waals surface area contributed by atoms with Gasteiger partial charge in [0.05, 0.1) is 5.52 Å². The average Bonchev–Trinajstić information content (AvgIpc) is 2.77. The van der Waals surface area contributed by atoms with Crippen molar-refractivity contribution in [3.05, 3.63) is 53.2 Å². The van der Waals surface area contributed by atoms with Gasteiger partial charge in [-0.15, -0.1) is 0 Å². The Morgan fingerprint density at radius 1 is 1.23 bits per heavy atom. The Bertz CT molecular complexity index is 927. The number of benzene rings is 1. The highest BCUT2D eigenvalue weighted by Gasteiger charge is 2.17. The predicted octanol–water partition coefficient (Wildman–Crippen LogP) is 4.05. The molecule has 1 unspecified atom stereocenters. The summed E-state index contributed by atoms with van der Waals surface area (Å²) in [6, 6.07) is 9.42. The summed E-state index contributed by atoms with van der Waals surface area (Å²) >= 11 is 0. The first-order chi connectivity index (χ1) is 15.0. The molecular formula is C25H37N5O. The molecule has 6 N–H and O–H groups in total. The van der Waals surface area contributed by atoms with Gasteiger partial charge in [0, 0.05) is 54.2 Å². The first kappa shape index (κ1) is 23.1. The van der Waals surface area contributed by atoms with Crippen molar-refractivity contribution in [3.8, 4) is 0 Å². The molecule has 1 saturated heterocycles. The molecular weight excluding hydrogens is 386 g/mol. The molecule has 31 heavy (non-hydrogen) atoms. The van der Waals surface area contributed by atoms with Crippen LogP contribution in [0.15, 0.2) is 42.1 Å². The standard InChI is InChI=1S/C25H37N5O/c1-4-20(29-21-10-13-31-14-11-21)9-12-28-25-22(23(27)7-6-18(3)26)16-19-15-17(2)5-8-24(19)30-25/h5-8,15-16,20-21,29H,4,9-14,26-27H2,1-3H3,(H,28,30)/b18-6-,23-7-. The summed E-state index contributed by atoms with van der Waals surface area (Å²) in [4.78, 5) is 4.88. The number of hydrogen-bond donors (Lipinski definition) is 4. The van der Waals surface area contributed by atoms with Crippen molar-refractivity contribution in [3.63, 3.8) is 0 Å². The molecule has 2 heterocycles. The highest BCUT2D eigenvalue weighted by molar-refractivity contribution is 5.87. The maximum atomic E-state index is 6.41. The highest BCUT2D eigenvalue weighted by Crippen LogP contribution is 2.25. The molecule has 0 radical (unpaired) electrons. The quantitative estimate of drug-likeness (QED) is 0.454. The van der Waals surface area contributed by atoms with Gasteiger partial charge >= 0.3 is 0 Å². The van der Waals surface area contributed by atoms with Crippen LogP contribution in [0.2, 0.25) is 0 Å². The Hall–Kier alpha value is -2.57. The van der Waals surface area contributed by atoms with Crippen LogP contribution in [-0.4, -0.2) is 36.8 Å². The van der Waals surface area contributed by atoms with Crippen molar-refractivity contribution in [1.29, 1.82) is 0 Å². The zero-order valence-corrected chi connectivity index (χ0v) is 19.1. The highest BCUT2D eigenvalue weighted by atomic mass is 16.5. The summed E-state index contributed by atoms with van der Waals surface area (Å²) in [5.41, 5.74) is 16.6. The molecule has 1 aliphatic rings. The van der Waals surface area contributed by atoms with Crippen molar-refractivity contribution in [2.45, 2.75) is 58.5 Å². The van der Waals surface area contributed by atoms with E-state index in [9.17, 15) is 0 Å². The fraction of sp³-hybridized carbons (Fsp3) is 0.480. The topological polar surface area (TPSA) is 98.2 Å². The van der Waals surface area contributed by atoms with Crippen LogP contribution in [0.25, 0.3) is 16.6 Å². The number of ether oxygens (including phenoxy) is 1. The number of rotatable bonds is 9. The van der Waals surface area contributed by atoms with E-state index in [-0.39, 0.29) is 0 Å². The number of allylic oxidation sites excluding steroid dienone is 3. The summed E-state index contributed by atoms with van der Waals surface area (Å²) < 4.78 is 5.48. The maximum absolute atomic E-state index is 6.41. The summed E-state index contributed by atoms with van der Waals surface area (Å²) in [5, 5.41) is 8.42. The third kappa shape index (κ3) is 6.71. The van der Waals surface area contributed by atoms with E-state index in [2.05, 4.69) is 48.7 Å². The Morgan fingerprint density at radius 3 is 2.71 bits per heavy atom. The van der Waals surface area contributed by atoms with E-state index < -0.39 is 0 Å².